The summed E-state index contributed by atoms with van der Waals surface area (Å²) in [7, 11) is 1.53. The van der Waals surface area contributed by atoms with Crippen LogP contribution in [0.2, 0.25) is 0 Å². The first-order valence-electron chi connectivity index (χ1n) is 5.94. The van der Waals surface area contributed by atoms with Crippen molar-refractivity contribution in [3.8, 4) is 5.75 Å². The van der Waals surface area contributed by atoms with E-state index in [1.54, 1.807) is 24.3 Å². The minimum absolute atomic E-state index is 0.00625. The summed E-state index contributed by atoms with van der Waals surface area (Å²) in [5.41, 5.74) is 0.726. The summed E-state index contributed by atoms with van der Waals surface area (Å²) in [4.78, 5) is 12.2. The zero-order valence-corrected chi connectivity index (χ0v) is 10.6. The molecule has 0 fully saturated rings. The number of ketones is 1. The van der Waals surface area contributed by atoms with Gasteiger partial charge in [-0.15, -0.1) is 0 Å². The number of halogens is 1. The zero-order valence-electron chi connectivity index (χ0n) is 10.6. The van der Waals surface area contributed by atoms with E-state index in [0.29, 0.717) is 16.1 Å². The first kappa shape index (κ1) is 12.3. The van der Waals surface area contributed by atoms with Crippen LogP contribution in [-0.4, -0.2) is 23.3 Å². The van der Waals surface area contributed by atoms with Crippen LogP contribution in [0, 0.1) is 11.0 Å². The number of methoxy groups -OCH3 is 1. The maximum Gasteiger partial charge on any atom is 0.272 e. The van der Waals surface area contributed by atoms with E-state index in [-0.39, 0.29) is 17.0 Å². The second-order valence-corrected chi connectivity index (χ2v) is 4.36. The van der Waals surface area contributed by atoms with Crippen molar-refractivity contribution >= 4 is 17.2 Å². The van der Waals surface area contributed by atoms with Gasteiger partial charge in [-0.3, -0.25) is 4.79 Å². The molecule has 0 atom stereocenters. The van der Waals surface area contributed by atoms with Gasteiger partial charge in [0.2, 0.25) is 5.69 Å². The molecular weight excluding hydrogens is 261 g/mol. The molecule has 0 aromatic heterocycles. The average molecular weight is 271 g/mol. The van der Waals surface area contributed by atoms with E-state index in [0.717, 1.165) is 12.1 Å². The number of Topliss-reactive ketones (excluding diaryl/α,β-unsaturated/α-hetero) is 1. The molecule has 0 saturated heterocycles. The van der Waals surface area contributed by atoms with Gasteiger partial charge in [0.25, 0.3) is 11.5 Å². The number of carbonyl (C=O) groups excluding carboxylic acids is 1. The molecule has 2 aromatic carbocycles. The van der Waals surface area contributed by atoms with Gasteiger partial charge in [-0.1, -0.05) is 0 Å². The molecular formula is C15H10FNO3. The number of ether oxygens (including phenoxy) is 1. The maximum absolute atomic E-state index is 13.2. The lowest BCUT2D eigenvalue weighted by atomic mass is 10.0. The van der Waals surface area contributed by atoms with Crippen molar-refractivity contribution < 1.29 is 18.7 Å². The second kappa shape index (κ2) is 4.45. The highest BCUT2D eigenvalue weighted by molar-refractivity contribution is 6.52. The minimum Gasteiger partial charge on any atom is -0.618 e. The molecule has 0 unspecified atom stereocenters. The average Bonchev–Trinajstić information content (AvgIpc) is 2.71. The molecule has 3 rings (SSSR count). The number of hydrogen-bond acceptors (Lipinski definition) is 3. The third-order valence-electron chi connectivity index (χ3n) is 3.20. The van der Waals surface area contributed by atoms with Crippen molar-refractivity contribution in [1.29, 1.82) is 0 Å². The van der Waals surface area contributed by atoms with E-state index in [9.17, 15) is 14.4 Å². The monoisotopic (exact) mass is 271 g/mol. The van der Waals surface area contributed by atoms with E-state index >= 15 is 0 Å². The Labute approximate surface area is 114 Å². The Morgan fingerprint density at radius 1 is 1.15 bits per heavy atom. The lowest BCUT2D eigenvalue weighted by molar-refractivity contribution is -0.355. The standard InChI is InChI=1S/C15H10FNO3/c1-20-11-5-2-9(3-6-11)14-15(18)12-8-10(16)4-7-13(12)17(14)19/h2-8H,1H3. The highest BCUT2D eigenvalue weighted by Gasteiger charge is 2.36. The molecule has 4 nitrogen and oxygen atoms in total. The first-order valence-corrected chi connectivity index (χ1v) is 5.94. The lowest BCUT2D eigenvalue weighted by Gasteiger charge is -2.03. The Kier molecular flexibility index (Phi) is 2.75. The topological polar surface area (TPSA) is 52.4 Å². The normalized spacial score (nSPS) is 13.6. The molecule has 1 heterocycles. The summed E-state index contributed by atoms with van der Waals surface area (Å²) < 4.78 is 18.8. The van der Waals surface area contributed by atoms with Crippen molar-refractivity contribution in [2.24, 2.45) is 0 Å². The van der Waals surface area contributed by atoms with Gasteiger partial charge in [0.05, 0.1) is 12.7 Å². The molecule has 5 heteroatoms. The predicted octanol–water partition coefficient (Wildman–Crippen LogP) is 2.66. The van der Waals surface area contributed by atoms with E-state index in [2.05, 4.69) is 0 Å². The van der Waals surface area contributed by atoms with E-state index in [4.69, 9.17) is 4.74 Å². The van der Waals surface area contributed by atoms with Crippen LogP contribution in [0.3, 0.4) is 0 Å². The molecule has 0 aliphatic carbocycles. The van der Waals surface area contributed by atoms with Crippen molar-refractivity contribution in [2.45, 2.75) is 0 Å². The molecule has 1 aliphatic heterocycles. The number of benzene rings is 2. The first-order chi connectivity index (χ1) is 9.61. The predicted molar refractivity (Wildman–Crippen MR) is 71.1 cm³/mol. The van der Waals surface area contributed by atoms with Gasteiger partial charge in [-0.05, 0) is 36.4 Å². The van der Waals surface area contributed by atoms with Crippen molar-refractivity contribution in [2.75, 3.05) is 7.11 Å². The van der Waals surface area contributed by atoms with Gasteiger partial charge in [-0.2, -0.15) is 4.74 Å². The number of hydrogen-bond donors (Lipinski definition) is 0. The van der Waals surface area contributed by atoms with Gasteiger partial charge in [-0.25, -0.2) is 4.39 Å². The van der Waals surface area contributed by atoms with Gasteiger partial charge in [0, 0.05) is 6.07 Å². The summed E-state index contributed by atoms with van der Waals surface area (Å²) >= 11 is 0. The Morgan fingerprint density at radius 3 is 2.50 bits per heavy atom. The van der Waals surface area contributed by atoms with Gasteiger partial charge >= 0.3 is 0 Å². The molecule has 0 bridgehead atoms. The smallest absolute Gasteiger partial charge is 0.272 e. The van der Waals surface area contributed by atoms with E-state index in [1.807, 2.05) is 0 Å². The molecule has 2 aromatic rings. The minimum atomic E-state index is -0.540. The van der Waals surface area contributed by atoms with Crippen LogP contribution in [0.4, 0.5) is 10.1 Å². The molecule has 0 spiro atoms. The maximum atomic E-state index is 13.2. The van der Waals surface area contributed by atoms with Crippen LogP contribution in [0.15, 0.2) is 42.5 Å². The molecule has 0 saturated carbocycles. The Balaban J connectivity index is 2.11. The highest BCUT2D eigenvalue weighted by Crippen LogP contribution is 2.29. The number of rotatable bonds is 2. The molecule has 0 N–H and O–H groups in total. The summed E-state index contributed by atoms with van der Waals surface area (Å²) in [6, 6.07) is 10.1. The molecule has 0 radical (unpaired) electrons. The van der Waals surface area contributed by atoms with E-state index in [1.165, 1.54) is 13.2 Å². The van der Waals surface area contributed by atoms with Crippen LogP contribution in [0.25, 0.3) is 0 Å². The van der Waals surface area contributed by atoms with Crippen LogP contribution < -0.4 is 4.74 Å². The lowest BCUT2D eigenvalue weighted by Crippen LogP contribution is -2.16. The summed E-state index contributed by atoms with van der Waals surface area (Å²) in [6.07, 6.45) is 0. The third-order valence-corrected chi connectivity index (χ3v) is 3.20. The Hall–Kier alpha value is -2.69. The fourth-order valence-corrected chi connectivity index (χ4v) is 2.20. The number of fused-ring (bicyclic) bond motifs is 1. The number of nitrogens with zero attached hydrogens (tertiary/aromatic N) is 1. The summed E-state index contributed by atoms with van der Waals surface area (Å²) in [5, 5.41) is 12.2. The summed E-state index contributed by atoms with van der Waals surface area (Å²) in [5.74, 6) is -0.387. The zero-order chi connectivity index (χ0) is 14.3. The molecule has 1 aliphatic rings. The highest BCUT2D eigenvalue weighted by atomic mass is 19.1. The Bertz CT molecular complexity index is 735. The fraction of sp³-hybridized carbons (Fsp3) is 0.0667. The summed E-state index contributed by atoms with van der Waals surface area (Å²) in [6.45, 7) is 0. The molecule has 0 amide bonds. The fourth-order valence-electron chi connectivity index (χ4n) is 2.20. The Morgan fingerprint density at radius 2 is 1.85 bits per heavy atom. The van der Waals surface area contributed by atoms with Crippen molar-refractivity contribution in [1.82, 2.24) is 0 Å². The van der Waals surface area contributed by atoms with Crippen LogP contribution in [-0.2, 0) is 0 Å². The molecule has 100 valence electrons. The number of carbonyl (C=O) groups is 1. The largest absolute Gasteiger partial charge is 0.618 e. The van der Waals surface area contributed by atoms with Crippen molar-refractivity contribution in [3.63, 3.8) is 0 Å². The van der Waals surface area contributed by atoms with Crippen molar-refractivity contribution in [3.05, 3.63) is 64.6 Å². The van der Waals surface area contributed by atoms with Gasteiger partial charge in [0.1, 0.15) is 17.1 Å². The van der Waals surface area contributed by atoms with Crippen LogP contribution in [0.1, 0.15) is 15.9 Å². The molecule has 20 heavy (non-hydrogen) atoms. The third kappa shape index (κ3) is 1.75. The quantitative estimate of drug-likeness (QED) is 0.623. The SMILES string of the molecule is COc1ccc(C2=[N+]([O-])c3ccc(F)cc3C2=O)cc1. The van der Waals surface area contributed by atoms with Crippen LogP contribution >= 0.6 is 0 Å². The van der Waals surface area contributed by atoms with Gasteiger partial charge in [0.15, 0.2) is 0 Å². The van der Waals surface area contributed by atoms with E-state index < -0.39 is 11.6 Å². The second-order valence-electron chi connectivity index (χ2n) is 4.36. The van der Waals surface area contributed by atoms with Gasteiger partial charge < -0.3 is 9.94 Å². The van der Waals surface area contributed by atoms with Crippen LogP contribution in [0.5, 0.6) is 5.75 Å².